The molecule has 2 aromatic rings. The predicted molar refractivity (Wildman–Crippen MR) is 78.2 cm³/mol. The second-order valence-corrected chi connectivity index (χ2v) is 5.18. The maximum atomic E-state index is 12.3. The number of aromatic nitrogens is 4. The molecule has 0 bridgehead atoms. The van der Waals surface area contributed by atoms with Gasteiger partial charge < -0.3 is 10.0 Å². The molecule has 22 heavy (non-hydrogen) atoms. The van der Waals surface area contributed by atoms with Crippen molar-refractivity contribution in [1.29, 1.82) is 0 Å². The second kappa shape index (κ2) is 6.42. The van der Waals surface area contributed by atoms with Crippen molar-refractivity contribution in [3.8, 4) is 0 Å². The Kier molecular flexibility index (Phi) is 4.59. The van der Waals surface area contributed by atoms with Gasteiger partial charge in [0.15, 0.2) is 0 Å². The lowest BCUT2D eigenvalue weighted by molar-refractivity contribution is -0.137. The number of carbonyl (C=O) groups excluding carboxylic acids is 1. The van der Waals surface area contributed by atoms with Gasteiger partial charge in [-0.1, -0.05) is 0 Å². The molecule has 0 radical (unpaired) electrons. The molecule has 8 nitrogen and oxygen atoms in total. The first-order chi connectivity index (χ1) is 10.4. The van der Waals surface area contributed by atoms with Gasteiger partial charge in [-0.2, -0.15) is 10.2 Å². The van der Waals surface area contributed by atoms with Crippen molar-refractivity contribution in [2.24, 2.45) is 7.05 Å². The minimum atomic E-state index is -0.896. The predicted octanol–water partition coefficient (Wildman–Crippen LogP) is 0.672. The molecule has 8 heteroatoms. The van der Waals surface area contributed by atoms with E-state index in [2.05, 4.69) is 10.2 Å². The number of carboxylic acid groups (broad SMARTS) is 1. The molecule has 1 amide bonds. The summed E-state index contributed by atoms with van der Waals surface area (Å²) in [4.78, 5) is 24.4. The quantitative estimate of drug-likeness (QED) is 0.846. The number of aliphatic carboxylic acids is 1. The zero-order chi connectivity index (χ0) is 16.3. The zero-order valence-electron chi connectivity index (χ0n) is 12.9. The molecule has 2 heterocycles. The summed E-state index contributed by atoms with van der Waals surface area (Å²) in [6, 6.07) is 1.59. The average molecular weight is 305 g/mol. The highest BCUT2D eigenvalue weighted by Gasteiger charge is 2.17. The van der Waals surface area contributed by atoms with Crippen LogP contribution < -0.4 is 0 Å². The molecule has 0 aliphatic heterocycles. The number of carboxylic acids is 1. The maximum Gasteiger partial charge on any atom is 0.305 e. The summed E-state index contributed by atoms with van der Waals surface area (Å²) < 4.78 is 3.17. The van der Waals surface area contributed by atoms with Crippen LogP contribution in [0.3, 0.4) is 0 Å². The van der Waals surface area contributed by atoms with Crippen molar-refractivity contribution in [3.05, 3.63) is 35.4 Å². The van der Waals surface area contributed by atoms with E-state index in [0.717, 1.165) is 11.3 Å². The van der Waals surface area contributed by atoms with Gasteiger partial charge in [0.1, 0.15) is 5.69 Å². The topological polar surface area (TPSA) is 93.2 Å². The Bertz CT molecular complexity index is 688. The van der Waals surface area contributed by atoms with E-state index in [4.69, 9.17) is 5.11 Å². The van der Waals surface area contributed by atoms with Crippen molar-refractivity contribution in [2.75, 3.05) is 7.05 Å². The van der Waals surface area contributed by atoms with E-state index in [1.165, 1.54) is 4.68 Å². The lowest BCUT2D eigenvalue weighted by Gasteiger charge is -2.15. The molecular formula is C14H19N5O3. The van der Waals surface area contributed by atoms with E-state index in [0.29, 0.717) is 12.2 Å². The van der Waals surface area contributed by atoms with Gasteiger partial charge in [0.25, 0.3) is 5.91 Å². The van der Waals surface area contributed by atoms with Gasteiger partial charge in [0.05, 0.1) is 18.7 Å². The van der Waals surface area contributed by atoms with Gasteiger partial charge in [-0.25, -0.2) is 0 Å². The van der Waals surface area contributed by atoms with E-state index in [-0.39, 0.29) is 18.9 Å². The summed E-state index contributed by atoms with van der Waals surface area (Å²) in [5, 5.41) is 17.0. The van der Waals surface area contributed by atoms with Gasteiger partial charge in [0.2, 0.25) is 0 Å². The summed E-state index contributed by atoms with van der Waals surface area (Å²) in [5.74, 6) is -1.11. The second-order valence-electron chi connectivity index (χ2n) is 5.18. The molecule has 118 valence electrons. The van der Waals surface area contributed by atoms with Crippen molar-refractivity contribution in [3.63, 3.8) is 0 Å². The Hall–Kier alpha value is -2.64. The first-order valence-electron chi connectivity index (χ1n) is 6.86. The van der Waals surface area contributed by atoms with E-state index >= 15 is 0 Å². The van der Waals surface area contributed by atoms with Crippen molar-refractivity contribution in [1.82, 2.24) is 24.5 Å². The molecular weight excluding hydrogens is 286 g/mol. The summed E-state index contributed by atoms with van der Waals surface area (Å²) in [6.07, 6.45) is 3.46. The van der Waals surface area contributed by atoms with Crippen molar-refractivity contribution in [2.45, 2.75) is 26.4 Å². The smallest absolute Gasteiger partial charge is 0.305 e. The van der Waals surface area contributed by atoms with Crippen LogP contribution >= 0.6 is 0 Å². The molecule has 0 atom stereocenters. The molecule has 0 spiro atoms. The molecule has 0 fully saturated rings. The fourth-order valence-electron chi connectivity index (χ4n) is 2.14. The Morgan fingerprint density at radius 3 is 2.68 bits per heavy atom. The van der Waals surface area contributed by atoms with Crippen molar-refractivity contribution < 1.29 is 14.7 Å². The van der Waals surface area contributed by atoms with Crippen molar-refractivity contribution >= 4 is 11.9 Å². The number of carbonyl (C=O) groups is 2. The van der Waals surface area contributed by atoms with Crippen LogP contribution in [0.5, 0.6) is 0 Å². The summed E-state index contributed by atoms with van der Waals surface area (Å²) in [5.41, 5.74) is 2.16. The fraction of sp³-hybridized carbons (Fsp3) is 0.429. The Morgan fingerprint density at radius 1 is 1.36 bits per heavy atom. The monoisotopic (exact) mass is 305 g/mol. The Labute approximate surface area is 127 Å². The Balaban J connectivity index is 2.01. The van der Waals surface area contributed by atoms with Gasteiger partial charge >= 0.3 is 5.97 Å². The van der Waals surface area contributed by atoms with Crippen LogP contribution in [0, 0.1) is 6.92 Å². The van der Waals surface area contributed by atoms with Crippen LogP contribution in [0.1, 0.15) is 28.2 Å². The number of amides is 1. The molecule has 0 aromatic carbocycles. The third kappa shape index (κ3) is 3.72. The van der Waals surface area contributed by atoms with E-state index in [9.17, 15) is 9.59 Å². The van der Waals surface area contributed by atoms with Crippen LogP contribution in [-0.2, 0) is 24.9 Å². The first-order valence-corrected chi connectivity index (χ1v) is 6.86. The zero-order valence-corrected chi connectivity index (χ0v) is 12.9. The van der Waals surface area contributed by atoms with Crippen LogP contribution in [0.4, 0.5) is 0 Å². The first kappa shape index (κ1) is 15.7. The van der Waals surface area contributed by atoms with Gasteiger partial charge in [-0.15, -0.1) is 0 Å². The molecule has 1 N–H and O–H groups in total. The molecule has 0 saturated carbocycles. The number of hydrogen-bond acceptors (Lipinski definition) is 4. The van der Waals surface area contributed by atoms with Crippen LogP contribution in [0.25, 0.3) is 0 Å². The molecule has 0 aliphatic carbocycles. The molecule has 0 aliphatic rings. The minimum Gasteiger partial charge on any atom is -0.481 e. The molecule has 0 saturated heterocycles. The Morgan fingerprint density at radius 2 is 2.09 bits per heavy atom. The highest BCUT2D eigenvalue weighted by Crippen LogP contribution is 2.10. The van der Waals surface area contributed by atoms with Crippen LogP contribution in [-0.4, -0.2) is 48.5 Å². The van der Waals surface area contributed by atoms with Gasteiger partial charge in [-0.05, 0) is 13.0 Å². The molecule has 2 aromatic heterocycles. The molecule has 0 unspecified atom stereocenters. The van der Waals surface area contributed by atoms with E-state index in [1.807, 2.05) is 20.2 Å². The lowest BCUT2D eigenvalue weighted by atomic mass is 10.2. The summed E-state index contributed by atoms with van der Waals surface area (Å²) in [7, 11) is 3.54. The number of rotatable bonds is 6. The third-order valence-electron chi connectivity index (χ3n) is 3.28. The SMILES string of the molecule is Cc1nn(C)cc1CN(C)C(=O)c1ccn(CCC(=O)O)n1. The summed E-state index contributed by atoms with van der Waals surface area (Å²) in [6.45, 7) is 2.59. The number of hydrogen-bond donors (Lipinski definition) is 1. The maximum absolute atomic E-state index is 12.3. The van der Waals surface area contributed by atoms with E-state index < -0.39 is 5.97 Å². The average Bonchev–Trinajstić information content (AvgIpc) is 3.03. The van der Waals surface area contributed by atoms with Crippen LogP contribution in [0.15, 0.2) is 18.5 Å². The lowest BCUT2D eigenvalue weighted by Crippen LogP contribution is -2.27. The standard InChI is InChI=1S/C14H19N5O3/c1-10-11(9-18(3)15-10)8-17(2)14(22)12-4-6-19(16-12)7-5-13(20)21/h4,6,9H,5,7-8H2,1-3H3,(H,20,21). The fourth-order valence-corrected chi connectivity index (χ4v) is 2.14. The third-order valence-corrected chi connectivity index (χ3v) is 3.28. The minimum absolute atomic E-state index is 0.0277. The van der Waals surface area contributed by atoms with E-state index in [1.54, 1.807) is 28.9 Å². The van der Waals surface area contributed by atoms with Gasteiger partial charge in [0, 0.05) is 38.6 Å². The molecule has 2 rings (SSSR count). The number of nitrogens with zero attached hydrogens (tertiary/aromatic N) is 5. The number of aryl methyl sites for hydroxylation is 3. The highest BCUT2D eigenvalue weighted by atomic mass is 16.4. The van der Waals surface area contributed by atoms with Gasteiger partial charge in [-0.3, -0.25) is 19.0 Å². The normalized spacial score (nSPS) is 10.7. The largest absolute Gasteiger partial charge is 0.481 e. The highest BCUT2D eigenvalue weighted by molar-refractivity contribution is 5.92. The summed E-state index contributed by atoms with van der Waals surface area (Å²) >= 11 is 0. The van der Waals surface area contributed by atoms with Crippen LogP contribution in [0.2, 0.25) is 0 Å².